The Kier molecular flexibility index (Phi) is 6.55. The van der Waals surface area contributed by atoms with Crippen molar-refractivity contribution in [1.82, 2.24) is 34.4 Å². The van der Waals surface area contributed by atoms with Gasteiger partial charge in [0.1, 0.15) is 23.5 Å². The summed E-state index contributed by atoms with van der Waals surface area (Å²) in [6.45, 7) is 3.23. The number of nitrogens with zero attached hydrogens (tertiary/aromatic N) is 8. The van der Waals surface area contributed by atoms with Gasteiger partial charge < -0.3 is 10.1 Å². The number of hydrogen-bond donors (Lipinski definition) is 1. The van der Waals surface area contributed by atoms with Crippen LogP contribution in [0.4, 0.5) is 5.82 Å². The molecule has 1 fully saturated rings. The van der Waals surface area contributed by atoms with Gasteiger partial charge in [-0.3, -0.25) is 19.4 Å². The maximum absolute atomic E-state index is 9.04. The van der Waals surface area contributed by atoms with E-state index in [1.165, 1.54) is 5.56 Å². The topological polar surface area (TPSA) is 118 Å². The summed E-state index contributed by atoms with van der Waals surface area (Å²) in [4.78, 5) is 24.7. The summed E-state index contributed by atoms with van der Waals surface area (Å²) in [5, 5.41) is 12.5. The second-order valence-corrected chi connectivity index (χ2v) is 10.2. The number of nitrogens with one attached hydrogen (secondary N) is 1. The van der Waals surface area contributed by atoms with E-state index < -0.39 is 0 Å². The van der Waals surface area contributed by atoms with Crippen LogP contribution in [0.1, 0.15) is 24.2 Å². The zero-order valence-corrected chi connectivity index (χ0v) is 22.3. The van der Waals surface area contributed by atoms with Gasteiger partial charge in [0, 0.05) is 56.0 Å². The highest BCUT2D eigenvalue weighted by atomic mass is 16.5. The average Bonchev–Trinajstić information content (AvgIpc) is 3.43. The Bertz CT molecular complexity index is 1720. The summed E-state index contributed by atoms with van der Waals surface area (Å²) < 4.78 is 8.12. The number of benzene rings is 1. The van der Waals surface area contributed by atoms with E-state index in [1.807, 2.05) is 36.4 Å². The first-order valence-corrected chi connectivity index (χ1v) is 13.7. The summed E-state index contributed by atoms with van der Waals surface area (Å²) in [6.07, 6.45) is 8.98. The van der Waals surface area contributed by atoms with Gasteiger partial charge in [-0.2, -0.15) is 5.26 Å². The number of anilines is 1. The number of ether oxygens (including phenoxy) is 1. The maximum Gasteiger partial charge on any atom is 0.234 e. The van der Waals surface area contributed by atoms with E-state index in [2.05, 4.69) is 59.0 Å². The Balaban J connectivity index is 1.08. The third-order valence-corrected chi connectivity index (χ3v) is 7.57. The Labute approximate surface area is 237 Å². The number of aromatic nitrogens is 6. The van der Waals surface area contributed by atoms with Crippen molar-refractivity contribution in [3.63, 3.8) is 0 Å². The monoisotopic (exact) mass is 541 g/mol. The third kappa shape index (κ3) is 4.99. The number of hydrogen-bond acceptors (Lipinski definition) is 9. The number of piperidine rings is 1. The van der Waals surface area contributed by atoms with Gasteiger partial charge in [0.2, 0.25) is 5.82 Å². The second-order valence-electron chi connectivity index (χ2n) is 10.2. The van der Waals surface area contributed by atoms with Crippen LogP contribution in [0.15, 0.2) is 79.4 Å². The molecule has 1 N–H and O–H groups in total. The van der Waals surface area contributed by atoms with Crippen LogP contribution in [0, 0.1) is 11.3 Å². The molecule has 2 aliphatic heterocycles. The van der Waals surface area contributed by atoms with Crippen molar-refractivity contribution >= 4 is 5.82 Å². The molecule has 0 spiro atoms. The van der Waals surface area contributed by atoms with E-state index in [0.29, 0.717) is 18.6 Å². The molecular formula is C31H27N9O. The number of imidazole rings is 1. The quantitative estimate of drug-likeness (QED) is 0.325. The Hall–Kier alpha value is -5.14. The number of nitriles is 1. The Morgan fingerprint density at radius 3 is 2.63 bits per heavy atom. The highest BCUT2D eigenvalue weighted by Gasteiger charge is 2.27. The number of rotatable bonds is 6. The standard InChI is InChI=1S/C31H27N9O/c32-17-28-35-14-9-27(37-28)36-23-10-15-39(16-11-23)19-21-4-6-22(7-5-21)29-30(25-3-1-2-12-34-25)40-20-41-26-8-13-33-18-24(26)31(40)38-29/h1-9,12-14,18,23H,10-11,15-16,19-20H2,(H,35,36,37). The molecular weight excluding hydrogens is 514 g/mol. The molecule has 0 amide bonds. The van der Waals surface area contributed by atoms with Crippen LogP contribution >= 0.6 is 0 Å². The van der Waals surface area contributed by atoms with Crippen LogP contribution < -0.4 is 10.1 Å². The van der Waals surface area contributed by atoms with Crippen molar-refractivity contribution in [1.29, 1.82) is 5.26 Å². The molecule has 41 heavy (non-hydrogen) atoms. The minimum atomic E-state index is 0.189. The number of likely N-dealkylation sites (tertiary alicyclic amines) is 1. The molecule has 6 heterocycles. The number of fused-ring (bicyclic) bond motifs is 3. The Morgan fingerprint density at radius 2 is 1.83 bits per heavy atom. The predicted octanol–water partition coefficient (Wildman–Crippen LogP) is 4.76. The lowest BCUT2D eigenvalue weighted by molar-refractivity contribution is 0.211. The molecule has 1 aromatic carbocycles. The average molecular weight is 542 g/mol. The molecule has 202 valence electrons. The molecule has 0 saturated carbocycles. The Morgan fingerprint density at radius 1 is 0.951 bits per heavy atom. The van der Waals surface area contributed by atoms with Gasteiger partial charge in [-0.15, -0.1) is 0 Å². The van der Waals surface area contributed by atoms with Crippen LogP contribution in [0.3, 0.4) is 0 Å². The van der Waals surface area contributed by atoms with Crippen molar-refractivity contribution in [2.45, 2.75) is 32.2 Å². The zero-order chi connectivity index (χ0) is 27.6. The van der Waals surface area contributed by atoms with Crippen molar-refractivity contribution in [2.24, 2.45) is 0 Å². The molecule has 0 atom stereocenters. The molecule has 0 aliphatic carbocycles. The maximum atomic E-state index is 9.04. The third-order valence-electron chi connectivity index (χ3n) is 7.57. The fourth-order valence-electron chi connectivity index (χ4n) is 5.52. The van der Waals surface area contributed by atoms with Gasteiger partial charge in [-0.05, 0) is 42.7 Å². The molecule has 0 unspecified atom stereocenters. The minimum absolute atomic E-state index is 0.189. The van der Waals surface area contributed by atoms with Crippen LogP contribution in [0.2, 0.25) is 0 Å². The van der Waals surface area contributed by atoms with Gasteiger partial charge in [0.15, 0.2) is 6.73 Å². The van der Waals surface area contributed by atoms with Gasteiger partial charge in [-0.25, -0.2) is 15.0 Å². The van der Waals surface area contributed by atoms with Crippen LogP contribution in [0.25, 0.3) is 34.0 Å². The first-order valence-electron chi connectivity index (χ1n) is 13.7. The SMILES string of the molecule is N#Cc1nccc(NC2CCN(Cc3ccc(-c4nc5n(c4-c4ccccn4)COc4ccncc4-5)cc3)CC2)n1. The zero-order valence-electron chi connectivity index (χ0n) is 22.3. The summed E-state index contributed by atoms with van der Waals surface area (Å²) in [7, 11) is 0. The molecule has 10 nitrogen and oxygen atoms in total. The molecule has 5 aromatic rings. The highest BCUT2D eigenvalue weighted by molar-refractivity contribution is 5.82. The fourth-order valence-corrected chi connectivity index (χ4v) is 5.52. The summed E-state index contributed by atoms with van der Waals surface area (Å²) in [5.74, 6) is 2.52. The van der Waals surface area contributed by atoms with Crippen LogP contribution in [-0.4, -0.2) is 53.5 Å². The summed E-state index contributed by atoms with van der Waals surface area (Å²) >= 11 is 0. The van der Waals surface area contributed by atoms with E-state index in [1.54, 1.807) is 24.8 Å². The van der Waals surface area contributed by atoms with Crippen LogP contribution in [-0.2, 0) is 13.3 Å². The molecule has 1 saturated heterocycles. The van der Waals surface area contributed by atoms with E-state index in [4.69, 9.17) is 15.0 Å². The summed E-state index contributed by atoms with van der Waals surface area (Å²) in [5.41, 5.74) is 5.83. The largest absolute Gasteiger partial charge is 0.472 e. The fraction of sp³-hybridized carbons (Fsp3) is 0.226. The van der Waals surface area contributed by atoms with Gasteiger partial charge in [0.05, 0.1) is 22.6 Å². The van der Waals surface area contributed by atoms with E-state index in [0.717, 1.165) is 72.3 Å². The highest BCUT2D eigenvalue weighted by Crippen LogP contribution is 2.40. The molecule has 0 radical (unpaired) electrons. The first kappa shape index (κ1) is 24.9. The van der Waals surface area contributed by atoms with Crippen molar-refractivity contribution in [2.75, 3.05) is 18.4 Å². The van der Waals surface area contributed by atoms with Gasteiger partial charge >= 0.3 is 0 Å². The van der Waals surface area contributed by atoms with E-state index in [-0.39, 0.29) is 5.82 Å². The predicted molar refractivity (Wildman–Crippen MR) is 153 cm³/mol. The minimum Gasteiger partial charge on any atom is -0.472 e. The lowest BCUT2D eigenvalue weighted by atomic mass is 10.0. The first-order chi connectivity index (χ1) is 20.2. The van der Waals surface area contributed by atoms with Crippen molar-refractivity contribution in [3.05, 3.63) is 90.8 Å². The van der Waals surface area contributed by atoms with E-state index >= 15 is 0 Å². The van der Waals surface area contributed by atoms with Crippen molar-refractivity contribution in [3.8, 4) is 45.9 Å². The smallest absolute Gasteiger partial charge is 0.234 e. The lowest BCUT2D eigenvalue weighted by Gasteiger charge is -2.32. The second kappa shape index (κ2) is 10.8. The van der Waals surface area contributed by atoms with Gasteiger partial charge in [-0.1, -0.05) is 30.3 Å². The van der Waals surface area contributed by atoms with E-state index in [9.17, 15) is 0 Å². The lowest BCUT2D eigenvalue weighted by Crippen LogP contribution is -2.38. The molecule has 10 heteroatoms. The number of pyridine rings is 2. The molecule has 4 aromatic heterocycles. The van der Waals surface area contributed by atoms with Crippen LogP contribution in [0.5, 0.6) is 5.75 Å². The summed E-state index contributed by atoms with van der Waals surface area (Å²) in [6, 6.07) is 20.6. The molecule has 2 aliphatic rings. The molecule has 0 bridgehead atoms. The van der Waals surface area contributed by atoms with Crippen molar-refractivity contribution < 1.29 is 4.74 Å². The normalized spacial score (nSPS) is 14.9. The van der Waals surface area contributed by atoms with Gasteiger partial charge in [0.25, 0.3) is 0 Å². The molecule has 7 rings (SSSR count).